The van der Waals surface area contributed by atoms with E-state index in [0.29, 0.717) is 17.6 Å². The second-order valence-electron chi connectivity index (χ2n) is 11.2. The zero-order valence-corrected chi connectivity index (χ0v) is 26.4. The molecule has 0 spiro atoms. The van der Waals surface area contributed by atoms with Crippen molar-refractivity contribution in [3.8, 4) is 0 Å². The minimum absolute atomic E-state index is 0. The average molecular weight is 601 g/mol. The van der Waals surface area contributed by atoms with E-state index in [9.17, 15) is 9.59 Å². The van der Waals surface area contributed by atoms with E-state index in [4.69, 9.17) is 9.47 Å². The van der Waals surface area contributed by atoms with Gasteiger partial charge in [-0.2, -0.15) is 0 Å². The number of allylic oxidation sites excluding steroid dienone is 2. The normalized spacial score (nSPS) is 14.0. The number of carbonyl (C=O) groups is 2. The number of methoxy groups -OCH3 is 2. The van der Waals surface area contributed by atoms with Crippen molar-refractivity contribution in [2.24, 2.45) is 0 Å². The first-order valence-electron chi connectivity index (χ1n) is 15.3. The minimum Gasteiger partial charge on any atom is -0.285 e. The van der Waals surface area contributed by atoms with Gasteiger partial charge < -0.3 is 9.47 Å². The van der Waals surface area contributed by atoms with Gasteiger partial charge in [0.2, 0.25) is 17.3 Å². The van der Waals surface area contributed by atoms with Gasteiger partial charge in [-0.05, 0) is 6.92 Å². The third-order valence-corrected chi connectivity index (χ3v) is 13.7. The summed E-state index contributed by atoms with van der Waals surface area (Å²) in [6.07, 6.45) is 11.0. The van der Waals surface area contributed by atoms with Crippen molar-refractivity contribution < 1.29 is 19.1 Å². The van der Waals surface area contributed by atoms with Gasteiger partial charge in [-0.15, -0.1) is 0 Å². The molecule has 1 aliphatic rings. The third-order valence-electron chi connectivity index (χ3n) is 8.62. The van der Waals surface area contributed by atoms with E-state index >= 15 is 0 Å². The molecule has 0 heterocycles. The van der Waals surface area contributed by atoms with Gasteiger partial charge in [0.15, 0.2) is 0 Å². The molecule has 0 unspecified atom stereocenters. The minimum atomic E-state index is -2.13. The number of ketones is 2. The molecule has 0 fully saturated rings. The number of hydrogen-bond acceptors (Lipinski definition) is 4. The number of Topliss-reactive ketones (excluding diaryl/α,β-unsaturated/α-hetero) is 2. The van der Waals surface area contributed by atoms with Gasteiger partial charge in [0, 0.05) is 0 Å². The molecule has 4 nitrogen and oxygen atoms in total. The Labute approximate surface area is 259 Å². The van der Waals surface area contributed by atoms with Gasteiger partial charge in [-0.1, -0.05) is 7.43 Å². The van der Waals surface area contributed by atoms with E-state index in [1.165, 1.54) is 68.4 Å². The first-order chi connectivity index (χ1) is 20.5. The van der Waals surface area contributed by atoms with Crippen molar-refractivity contribution in [3.63, 3.8) is 0 Å². The second kappa shape index (κ2) is 17.0. The SMILES string of the molecule is C.COC1=C(OC)C(=O)C(CCCCCCCCCC[PH](c2ccccc2)(c2ccccc2)c2ccccc2)=C(C)C1=O. The fraction of sp³-hybridized carbons (Fsp3) is 0.368. The van der Waals surface area contributed by atoms with Crippen LogP contribution in [0.25, 0.3) is 0 Å². The molecular formula is C38H49O4P. The smallest absolute Gasteiger partial charge is 0.285 e. The Bertz CT molecular complexity index is 1280. The molecule has 43 heavy (non-hydrogen) atoms. The molecule has 0 radical (unpaired) electrons. The summed E-state index contributed by atoms with van der Waals surface area (Å²) in [6, 6.07) is 33.5. The van der Waals surface area contributed by atoms with Crippen LogP contribution in [0.3, 0.4) is 0 Å². The maximum absolute atomic E-state index is 12.8. The molecule has 4 rings (SSSR count). The number of rotatable bonds is 16. The molecule has 0 aromatic heterocycles. The number of benzene rings is 3. The van der Waals surface area contributed by atoms with E-state index in [1.807, 2.05) is 0 Å². The van der Waals surface area contributed by atoms with Crippen LogP contribution in [-0.2, 0) is 19.1 Å². The standard InChI is InChI=1S/C37H45O4P.CH4/c1-29-33(35(39)37(41-3)36(40-2)34(29)38)27-19-8-6-4-5-7-9-20-28-42(30-21-13-10-14-22-30,31-23-15-11-16-24-31)32-25-17-12-18-26-32;/h10-18,21-26,42H,4-9,19-20,27-28H2,1-3H3;1H4. The Balaban J connectivity index is 0.00000506. The van der Waals surface area contributed by atoms with E-state index in [0.717, 1.165) is 19.3 Å². The molecule has 0 atom stereocenters. The molecule has 5 heteroatoms. The van der Waals surface area contributed by atoms with Crippen LogP contribution in [0.2, 0.25) is 0 Å². The molecule has 0 saturated carbocycles. The predicted octanol–water partition coefficient (Wildman–Crippen LogP) is 7.83. The van der Waals surface area contributed by atoms with E-state index in [2.05, 4.69) is 91.0 Å². The second-order valence-corrected chi connectivity index (χ2v) is 15.2. The Hall–Kier alpha value is -3.49. The number of hydrogen-bond donors (Lipinski definition) is 0. The van der Waals surface area contributed by atoms with E-state index < -0.39 is 7.26 Å². The van der Waals surface area contributed by atoms with Crippen LogP contribution in [-0.4, -0.2) is 31.9 Å². The van der Waals surface area contributed by atoms with Gasteiger partial charge in [0.1, 0.15) is 0 Å². The molecule has 0 bridgehead atoms. The van der Waals surface area contributed by atoms with Gasteiger partial charge in [0.05, 0.1) is 14.2 Å². The summed E-state index contributed by atoms with van der Waals surface area (Å²) in [7, 11) is 0.669. The summed E-state index contributed by atoms with van der Waals surface area (Å²) in [4.78, 5) is 25.4. The molecule has 0 amide bonds. The van der Waals surface area contributed by atoms with Gasteiger partial charge in [-0.3, -0.25) is 9.59 Å². The molecule has 3 aromatic rings. The Morgan fingerprint density at radius 2 is 0.907 bits per heavy atom. The first kappa shape index (κ1) is 34.0. The fourth-order valence-corrected chi connectivity index (χ4v) is 11.3. The molecule has 3 aromatic carbocycles. The van der Waals surface area contributed by atoms with Crippen LogP contribution in [0.15, 0.2) is 114 Å². The number of carbonyl (C=O) groups excluding carboxylic acids is 2. The van der Waals surface area contributed by atoms with Crippen LogP contribution in [0.5, 0.6) is 0 Å². The zero-order valence-electron chi connectivity index (χ0n) is 25.4. The molecular weight excluding hydrogens is 551 g/mol. The predicted molar refractivity (Wildman–Crippen MR) is 183 cm³/mol. The van der Waals surface area contributed by atoms with Crippen LogP contribution < -0.4 is 15.9 Å². The molecule has 1 aliphatic carbocycles. The topological polar surface area (TPSA) is 52.6 Å². The molecule has 0 saturated heterocycles. The summed E-state index contributed by atoms with van der Waals surface area (Å²) >= 11 is 0. The van der Waals surface area contributed by atoms with Gasteiger partial charge in [-0.25, -0.2) is 0 Å². The fourth-order valence-electron chi connectivity index (χ4n) is 6.35. The summed E-state index contributed by atoms with van der Waals surface area (Å²) in [5.41, 5.74) is 1.05. The number of unbranched alkanes of at least 4 members (excludes halogenated alkanes) is 7. The van der Waals surface area contributed by atoms with Crippen LogP contribution >= 0.6 is 7.26 Å². The van der Waals surface area contributed by atoms with Crippen LogP contribution in [0.1, 0.15) is 72.1 Å². The van der Waals surface area contributed by atoms with Crippen molar-refractivity contribution in [1.29, 1.82) is 0 Å². The van der Waals surface area contributed by atoms with Crippen molar-refractivity contribution in [2.45, 2.75) is 72.1 Å². The van der Waals surface area contributed by atoms with Crippen molar-refractivity contribution in [3.05, 3.63) is 114 Å². The van der Waals surface area contributed by atoms with E-state index in [1.54, 1.807) is 6.92 Å². The monoisotopic (exact) mass is 600 g/mol. The Morgan fingerprint density at radius 1 is 0.535 bits per heavy atom. The first-order valence-corrected chi connectivity index (χ1v) is 17.5. The quantitative estimate of drug-likeness (QED) is 0.0955. The zero-order chi connectivity index (χ0) is 29.8. The Morgan fingerprint density at radius 3 is 1.33 bits per heavy atom. The number of ether oxygens (including phenoxy) is 2. The Kier molecular flexibility index (Phi) is 13.4. The summed E-state index contributed by atoms with van der Waals surface area (Å²) in [5, 5.41) is 4.45. The van der Waals surface area contributed by atoms with Gasteiger partial charge in [0.25, 0.3) is 0 Å². The summed E-state index contributed by atoms with van der Waals surface area (Å²) < 4.78 is 10.3. The molecule has 0 N–H and O–H groups in total. The maximum atomic E-state index is 12.8. The van der Waals surface area contributed by atoms with Crippen LogP contribution in [0.4, 0.5) is 0 Å². The van der Waals surface area contributed by atoms with Crippen LogP contribution in [0, 0.1) is 0 Å². The summed E-state index contributed by atoms with van der Waals surface area (Å²) in [6.45, 7) is 1.71. The van der Waals surface area contributed by atoms with Crippen molar-refractivity contribution >= 4 is 34.7 Å². The average Bonchev–Trinajstić information content (AvgIpc) is 3.04. The van der Waals surface area contributed by atoms with Crippen molar-refractivity contribution in [1.82, 2.24) is 0 Å². The van der Waals surface area contributed by atoms with Crippen molar-refractivity contribution in [2.75, 3.05) is 20.4 Å². The third kappa shape index (κ3) is 7.92. The molecule has 0 aliphatic heterocycles. The van der Waals surface area contributed by atoms with Gasteiger partial charge >= 0.3 is 195 Å². The summed E-state index contributed by atoms with van der Waals surface area (Å²) in [5.74, 6) is -0.419. The molecule has 230 valence electrons. The van der Waals surface area contributed by atoms with E-state index in [-0.39, 0.29) is 30.5 Å².